The van der Waals surface area contributed by atoms with E-state index in [1.165, 1.54) is 0 Å². The highest BCUT2D eigenvalue weighted by Crippen LogP contribution is 2.23. The zero-order chi connectivity index (χ0) is 13.2. The van der Waals surface area contributed by atoms with Gasteiger partial charge < -0.3 is 15.3 Å². The Kier molecular flexibility index (Phi) is 2.89. The van der Waals surface area contributed by atoms with Crippen molar-refractivity contribution in [3.8, 4) is 0 Å². The molecular formula is C14H14N4O. The lowest BCUT2D eigenvalue weighted by Crippen LogP contribution is -2.17. The summed E-state index contributed by atoms with van der Waals surface area (Å²) >= 11 is 0. The number of rotatable bonds is 3. The molecule has 3 rings (SSSR count). The molecule has 0 aliphatic rings. The lowest BCUT2D eigenvalue weighted by molar-refractivity contribution is 0.689. The lowest BCUT2D eigenvalue weighted by atomic mass is 10.00. The second-order valence-electron chi connectivity index (χ2n) is 4.39. The zero-order valence-electron chi connectivity index (χ0n) is 10.5. The van der Waals surface area contributed by atoms with Gasteiger partial charge in [-0.2, -0.15) is 0 Å². The Hall–Kier alpha value is -2.40. The summed E-state index contributed by atoms with van der Waals surface area (Å²) in [7, 11) is 1.90. The zero-order valence-corrected chi connectivity index (χ0v) is 10.5. The number of H-pyrrole nitrogens is 2. The van der Waals surface area contributed by atoms with Crippen LogP contribution >= 0.6 is 0 Å². The van der Waals surface area contributed by atoms with Crippen molar-refractivity contribution >= 4 is 11.0 Å². The molecule has 19 heavy (non-hydrogen) atoms. The van der Waals surface area contributed by atoms with Crippen molar-refractivity contribution in [1.82, 2.24) is 20.3 Å². The first-order valence-corrected chi connectivity index (χ1v) is 6.07. The number of aromatic nitrogens is 3. The van der Waals surface area contributed by atoms with Crippen molar-refractivity contribution in [2.75, 3.05) is 7.05 Å². The number of hydrogen-bond acceptors (Lipinski definition) is 3. The van der Waals surface area contributed by atoms with Crippen LogP contribution in [-0.4, -0.2) is 22.0 Å². The summed E-state index contributed by atoms with van der Waals surface area (Å²) in [6.07, 6.45) is 3.59. The van der Waals surface area contributed by atoms with E-state index in [9.17, 15) is 4.79 Å². The van der Waals surface area contributed by atoms with Crippen LogP contribution in [0.15, 0.2) is 47.5 Å². The molecular weight excluding hydrogens is 240 g/mol. The standard InChI is InChI=1S/C14H14N4O/c1-15-13(10-3-2-6-16-8-10)9-4-5-11-12(7-9)18-14(19)17-11/h2-8,13,15H,1H3,(H2,17,18,19). The normalized spacial score (nSPS) is 12.7. The van der Waals surface area contributed by atoms with Gasteiger partial charge in [-0.05, 0) is 36.4 Å². The van der Waals surface area contributed by atoms with E-state index < -0.39 is 0 Å². The second kappa shape index (κ2) is 4.70. The van der Waals surface area contributed by atoms with Gasteiger partial charge in [0, 0.05) is 12.4 Å². The molecule has 0 aliphatic carbocycles. The van der Waals surface area contributed by atoms with E-state index in [0.717, 1.165) is 22.2 Å². The van der Waals surface area contributed by atoms with Crippen LogP contribution in [0.4, 0.5) is 0 Å². The minimum Gasteiger partial charge on any atom is -0.309 e. The van der Waals surface area contributed by atoms with E-state index >= 15 is 0 Å². The third kappa shape index (κ3) is 2.15. The molecule has 1 unspecified atom stereocenters. The van der Waals surface area contributed by atoms with Crippen LogP contribution in [0.3, 0.4) is 0 Å². The van der Waals surface area contributed by atoms with Crippen LogP contribution in [0.1, 0.15) is 17.2 Å². The largest absolute Gasteiger partial charge is 0.323 e. The predicted octanol–water partition coefficient (Wildman–Crippen LogP) is 1.56. The number of aromatic amines is 2. The fraction of sp³-hybridized carbons (Fsp3) is 0.143. The number of nitrogens with zero attached hydrogens (tertiary/aromatic N) is 1. The van der Waals surface area contributed by atoms with E-state index in [1.54, 1.807) is 6.20 Å². The van der Waals surface area contributed by atoms with Gasteiger partial charge in [0.2, 0.25) is 0 Å². The van der Waals surface area contributed by atoms with Crippen molar-refractivity contribution in [3.63, 3.8) is 0 Å². The molecule has 3 N–H and O–H groups in total. The number of fused-ring (bicyclic) bond motifs is 1. The van der Waals surface area contributed by atoms with Gasteiger partial charge in [0.1, 0.15) is 0 Å². The van der Waals surface area contributed by atoms with Gasteiger partial charge in [-0.3, -0.25) is 4.98 Å². The summed E-state index contributed by atoms with van der Waals surface area (Å²) in [4.78, 5) is 20.9. The number of nitrogens with one attached hydrogen (secondary N) is 3. The van der Waals surface area contributed by atoms with Crippen LogP contribution in [0.2, 0.25) is 0 Å². The molecule has 96 valence electrons. The van der Waals surface area contributed by atoms with Crippen LogP contribution in [0.5, 0.6) is 0 Å². The van der Waals surface area contributed by atoms with E-state index in [4.69, 9.17) is 0 Å². The Morgan fingerprint density at radius 2 is 2.00 bits per heavy atom. The molecule has 0 bridgehead atoms. The molecule has 1 atom stereocenters. The summed E-state index contributed by atoms with van der Waals surface area (Å²) in [5.41, 5.74) is 3.61. The number of benzene rings is 1. The average Bonchev–Trinajstić information content (AvgIpc) is 2.80. The summed E-state index contributed by atoms with van der Waals surface area (Å²) < 4.78 is 0. The Morgan fingerprint density at radius 1 is 1.16 bits per heavy atom. The van der Waals surface area contributed by atoms with Crippen molar-refractivity contribution < 1.29 is 0 Å². The monoisotopic (exact) mass is 254 g/mol. The summed E-state index contributed by atoms with van der Waals surface area (Å²) in [6.45, 7) is 0. The molecule has 5 heteroatoms. The van der Waals surface area contributed by atoms with E-state index in [-0.39, 0.29) is 11.7 Å². The Balaban J connectivity index is 2.08. The molecule has 0 saturated carbocycles. The number of pyridine rings is 1. The predicted molar refractivity (Wildman–Crippen MR) is 74.1 cm³/mol. The average molecular weight is 254 g/mol. The molecule has 3 aromatic rings. The van der Waals surface area contributed by atoms with Gasteiger partial charge in [-0.15, -0.1) is 0 Å². The van der Waals surface area contributed by atoms with E-state index in [1.807, 2.05) is 43.6 Å². The maximum absolute atomic E-state index is 11.3. The van der Waals surface area contributed by atoms with Crippen LogP contribution in [0, 0.1) is 0 Å². The third-order valence-corrected chi connectivity index (χ3v) is 3.18. The first-order valence-electron chi connectivity index (χ1n) is 6.07. The minimum atomic E-state index is -0.186. The molecule has 0 amide bonds. The fourth-order valence-electron chi connectivity index (χ4n) is 2.30. The number of hydrogen-bond donors (Lipinski definition) is 3. The van der Waals surface area contributed by atoms with E-state index in [0.29, 0.717) is 0 Å². The maximum atomic E-state index is 11.3. The fourth-order valence-corrected chi connectivity index (χ4v) is 2.30. The third-order valence-electron chi connectivity index (χ3n) is 3.18. The topological polar surface area (TPSA) is 73.6 Å². The SMILES string of the molecule is CNC(c1cccnc1)c1ccc2[nH]c(=O)[nH]c2c1. The first kappa shape index (κ1) is 11.7. The van der Waals surface area contributed by atoms with Gasteiger partial charge >= 0.3 is 5.69 Å². The molecule has 5 nitrogen and oxygen atoms in total. The highest BCUT2D eigenvalue weighted by atomic mass is 16.1. The molecule has 0 radical (unpaired) electrons. The highest BCUT2D eigenvalue weighted by molar-refractivity contribution is 5.75. The summed E-state index contributed by atoms with van der Waals surface area (Å²) in [5, 5.41) is 3.26. The lowest BCUT2D eigenvalue weighted by Gasteiger charge is -2.16. The molecule has 2 heterocycles. The number of imidazole rings is 1. The molecule has 1 aromatic carbocycles. The van der Waals surface area contributed by atoms with Crippen LogP contribution in [0.25, 0.3) is 11.0 Å². The van der Waals surface area contributed by atoms with E-state index in [2.05, 4.69) is 20.3 Å². The van der Waals surface area contributed by atoms with Gasteiger partial charge in [0.25, 0.3) is 0 Å². The molecule has 0 aliphatic heterocycles. The van der Waals surface area contributed by atoms with Crippen LogP contribution < -0.4 is 11.0 Å². The minimum absolute atomic E-state index is 0.0523. The molecule has 0 saturated heterocycles. The molecule has 2 aromatic heterocycles. The molecule has 0 spiro atoms. The van der Waals surface area contributed by atoms with Gasteiger partial charge in [-0.25, -0.2) is 4.79 Å². The summed E-state index contributed by atoms with van der Waals surface area (Å²) in [6, 6.07) is 9.87. The van der Waals surface area contributed by atoms with Crippen molar-refractivity contribution in [2.24, 2.45) is 0 Å². The second-order valence-corrected chi connectivity index (χ2v) is 4.39. The van der Waals surface area contributed by atoms with Crippen molar-refractivity contribution in [2.45, 2.75) is 6.04 Å². The van der Waals surface area contributed by atoms with Crippen LogP contribution in [-0.2, 0) is 0 Å². The highest BCUT2D eigenvalue weighted by Gasteiger charge is 2.12. The Morgan fingerprint density at radius 3 is 2.74 bits per heavy atom. The van der Waals surface area contributed by atoms with Gasteiger partial charge in [0.05, 0.1) is 17.1 Å². The molecule has 0 fully saturated rings. The van der Waals surface area contributed by atoms with Crippen molar-refractivity contribution in [3.05, 3.63) is 64.3 Å². The quantitative estimate of drug-likeness (QED) is 0.664. The summed E-state index contributed by atoms with van der Waals surface area (Å²) in [5.74, 6) is 0. The Bertz CT molecular complexity index is 745. The first-order chi connectivity index (χ1) is 9.28. The van der Waals surface area contributed by atoms with Gasteiger partial charge in [0.15, 0.2) is 0 Å². The Labute approximate surface area is 109 Å². The van der Waals surface area contributed by atoms with Crippen molar-refractivity contribution in [1.29, 1.82) is 0 Å². The van der Waals surface area contributed by atoms with Gasteiger partial charge in [-0.1, -0.05) is 12.1 Å². The smallest absolute Gasteiger partial charge is 0.309 e. The maximum Gasteiger partial charge on any atom is 0.323 e.